The number of carbonyl (C=O) groups is 1. The van der Waals surface area contributed by atoms with Gasteiger partial charge in [0, 0.05) is 24.7 Å². The van der Waals surface area contributed by atoms with Gasteiger partial charge >= 0.3 is 0 Å². The van der Waals surface area contributed by atoms with E-state index in [-0.39, 0.29) is 5.78 Å². The molecule has 3 aromatic carbocycles. The highest BCUT2D eigenvalue weighted by Gasteiger charge is 2.19. The molecule has 5 heteroatoms. The van der Waals surface area contributed by atoms with Crippen LogP contribution in [0.25, 0.3) is 10.8 Å². The van der Waals surface area contributed by atoms with Crippen LogP contribution >= 0.6 is 23.2 Å². The predicted molar refractivity (Wildman–Crippen MR) is 126 cm³/mol. The zero-order valence-electron chi connectivity index (χ0n) is 17.4. The maximum atomic E-state index is 11.1. The van der Waals surface area contributed by atoms with Gasteiger partial charge in [0.1, 0.15) is 11.9 Å². The average molecular weight is 444 g/mol. The summed E-state index contributed by atoms with van der Waals surface area (Å²) in [7, 11) is 0. The number of ether oxygens (including phenoxy) is 1. The molecule has 0 bridgehead atoms. The summed E-state index contributed by atoms with van der Waals surface area (Å²) >= 11 is 11.8. The summed E-state index contributed by atoms with van der Waals surface area (Å²) in [5.74, 6) is 0.931. The van der Waals surface area contributed by atoms with Crippen LogP contribution in [0.4, 0.5) is 0 Å². The molecule has 0 aromatic heterocycles. The minimum absolute atomic E-state index is 0.116. The van der Waals surface area contributed by atoms with Gasteiger partial charge < -0.3 is 9.64 Å². The third-order valence-corrected chi connectivity index (χ3v) is 6.07. The number of likely N-dealkylation sites (tertiary alicyclic amines) is 1. The lowest BCUT2D eigenvalue weighted by Gasteiger charge is -2.31. The Morgan fingerprint density at radius 1 is 0.967 bits per heavy atom. The molecule has 1 saturated heterocycles. The number of nitrogens with zero attached hydrogens (tertiary/aromatic N) is 1. The molecule has 0 spiro atoms. The summed E-state index contributed by atoms with van der Waals surface area (Å²) in [6, 6.07) is 19.2. The maximum Gasteiger partial charge on any atom is 0.159 e. The second kappa shape index (κ2) is 10.8. The number of rotatable bonds is 4. The lowest BCUT2D eigenvalue weighted by atomic mass is 10.1. The standard InChI is InChI=1S/C13H17Cl2NO.C12H10O/c1-2-16-7-5-10(6-8-16)17-11-3-4-12(14)13(15)9-11;1-9(13)11-7-6-10-4-2-3-5-12(10)8-11/h3-4,9-10H,2,5-8H2,1H3;2-8H,1H3. The quantitative estimate of drug-likeness (QED) is 0.410. The van der Waals surface area contributed by atoms with E-state index in [0.717, 1.165) is 49.2 Å². The van der Waals surface area contributed by atoms with Crippen LogP contribution in [-0.2, 0) is 0 Å². The van der Waals surface area contributed by atoms with Crippen LogP contribution in [0, 0.1) is 0 Å². The molecule has 0 radical (unpaired) electrons. The van der Waals surface area contributed by atoms with Crippen molar-refractivity contribution in [2.45, 2.75) is 32.8 Å². The Bertz CT molecular complexity index is 997. The summed E-state index contributed by atoms with van der Waals surface area (Å²) < 4.78 is 5.91. The SMILES string of the molecule is CC(=O)c1ccc2ccccc2c1.CCN1CCC(Oc2ccc(Cl)c(Cl)c2)CC1. The smallest absolute Gasteiger partial charge is 0.159 e. The van der Waals surface area contributed by atoms with Crippen LogP contribution in [0.2, 0.25) is 10.0 Å². The zero-order chi connectivity index (χ0) is 21.5. The van der Waals surface area contributed by atoms with Gasteiger partial charge in [0.05, 0.1) is 10.0 Å². The van der Waals surface area contributed by atoms with Crippen LogP contribution in [0.1, 0.15) is 37.0 Å². The molecule has 3 aromatic rings. The number of piperidine rings is 1. The number of fused-ring (bicyclic) bond motifs is 1. The number of Topliss-reactive ketones (excluding diaryl/α,β-unsaturated/α-hetero) is 1. The molecule has 0 aliphatic carbocycles. The van der Waals surface area contributed by atoms with Crippen molar-refractivity contribution in [3.05, 3.63) is 76.3 Å². The molecule has 0 atom stereocenters. The summed E-state index contributed by atoms with van der Waals surface area (Å²) in [6.45, 7) is 7.13. The van der Waals surface area contributed by atoms with Crippen molar-refractivity contribution >= 4 is 39.8 Å². The minimum Gasteiger partial charge on any atom is -0.490 e. The molecule has 1 aliphatic heterocycles. The molecule has 158 valence electrons. The second-order valence-corrected chi connectivity index (χ2v) is 8.26. The molecule has 0 saturated carbocycles. The van der Waals surface area contributed by atoms with Crippen molar-refractivity contribution in [1.29, 1.82) is 0 Å². The van der Waals surface area contributed by atoms with Gasteiger partial charge in [0.2, 0.25) is 0 Å². The molecule has 4 rings (SSSR count). The summed E-state index contributed by atoms with van der Waals surface area (Å²) in [5, 5.41) is 3.41. The molecular formula is C25H27Cl2NO2. The molecule has 1 aliphatic rings. The fourth-order valence-electron chi connectivity index (χ4n) is 3.49. The summed E-state index contributed by atoms with van der Waals surface area (Å²) in [4.78, 5) is 13.5. The Morgan fingerprint density at radius 2 is 1.67 bits per heavy atom. The first-order valence-corrected chi connectivity index (χ1v) is 11.1. The Hall–Kier alpha value is -2.07. The van der Waals surface area contributed by atoms with Crippen LogP contribution in [0.5, 0.6) is 5.75 Å². The first-order chi connectivity index (χ1) is 14.5. The van der Waals surface area contributed by atoms with Crippen molar-refractivity contribution in [3.8, 4) is 5.75 Å². The van der Waals surface area contributed by atoms with E-state index in [2.05, 4.69) is 11.8 Å². The fraction of sp³-hybridized carbons (Fsp3) is 0.320. The first kappa shape index (κ1) is 22.6. The summed E-state index contributed by atoms with van der Waals surface area (Å²) in [5.41, 5.74) is 0.777. The maximum absolute atomic E-state index is 11.1. The summed E-state index contributed by atoms with van der Waals surface area (Å²) in [6.07, 6.45) is 2.46. The fourth-order valence-corrected chi connectivity index (χ4v) is 3.78. The van der Waals surface area contributed by atoms with Crippen LogP contribution < -0.4 is 4.74 Å². The molecule has 0 N–H and O–H groups in total. The van der Waals surface area contributed by atoms with Crippen molar-refractivity contribution in [3.63, 3.8) is 0 Å². The normalized spacial score (nSPS) is 14.8. The van der Waals surface area contributed by atoms with E-state index in [1.54, 1.807) is 19.1 Å². The first-order valence-electron chi connectivity index (χ1n) is 10.3. The van der Waals surface area contributed by atoms with E-state index in [1.165, 1.54) is 5.39 Å². The Kier molecular flexibility index (Phi) is 8.15. The highest BCUT2D eigenvalue weighted by Crippen LogP contribution is 2.28. The molecule has 0 amide bonds. The Labute approximate surface area is 188 Å². The number of benzene rings is 3. The van der Waals surface area contributed by atoms with Crippen LogP contribution in [-0.4, -0.2) is 36.4 Å². The highest BCUT2D eigenvalue weighted by molar-refractivity contribution is 6.42. The van der Waals surface area contributed by atoms with Gasteiger partial charge in [-0.2, -0.15) is 0 Å². The number of carbonyl (C=O) groups excluding carboxylic acids is 1. The van der Waals surface area contributed by atoms with Gasteiger partial charge in [-0.1, -0.05) is 66.5 Å². The molecule has 1 heterocycles. The molecule has 0 unspecified atom stereocenters. The van der Waals surface area contributed by atoms with Gasteiger partial charge in [0.15, 0.2) is 5.78 Å². The van der Waals surface area contributed by atoms with Crippen LogP contribution in [0.3, 0.4) is 0 Å². The number of halogens is 2. The van der Waals surface area contributed by atoms with Gasteiger partial charge in [-0.3, -0.25) is 4.79 Å². The van der Waals surface area contributed by atoms with Gasteiger partial charge in [-0.15, -0.1) is 0 Å². The largest absolute Gasteiger partial charge is 0.490 e. The second-order valence-electron chi connectivity index (χ2n) is 7.45. The van der Waals surface area contributed by atoms with Gasteiger partial charge in [0.25, 0.3) is 0 Å². The van der Waals surface area contributed by atoms with Crippen molar-refractivity contribution in [2.75, 3.05) is 19.6 Å². The third kappa shape index (κ3) is 6.21. The van der Waals surface area contributed by atoms with E-state index >= 15 is 0 Å². The Morgan fingerprint density at radius 3 is 2.30 bits per heavy atom. The van der Waals surface area contributed by atoms with Crippen molar-refractivity contribution in [1.82, 2.24) is 4.90 Å². The van der Waals surface area contributed by atoms with Crippen LogP contribution in [0.15, 0.2) is 60.7 Å². The van der Waals surface area contributed by atoms with E-state index in [0.29, 0.717) is 16.1 Å². The average Bonchev–Trinajstić information content (AvgIpc) is 2.77. The molecular weight excluding hydrogens is 417 g/mol. The van der Waals surface area contributed by atoms with E-state index in [9.17, 15) is 4.79 Å². The van der Waals surface area contributed by atoms with Gasteiger partial charge in [-0.05, 0) is 55.3 Å². The van der Waals surface area contributed by atoms with E-state index < -0.39 is 0 Å². The van der Waals surface area contributed by atoms with Crippen molar-refractivity contribution < 1.29 is 9.53 Å². The number of ketones is 1. The monoisotopic (exact) mass is 443 g/mol. The predicted octanol–water partition coefficient (Wildman–Crippen LogP) is 6.90. The van der Waals surface area contributed by atoms with Gasteiger partial charge in [-0.25, -0.2) is 0 Å². The Balaban J connectivity index is 0.000000177. The minimum atomic E-state index is 0.116. The molecule has 1 fully saturated rings. The lowest BCUT2D eigenvalue weighted by Crippen LogP contribution is -2.37. The molecule has 3 nitrogen and oxygen atoms in total. The zero-order valence-corrected chi connectivity index (χ0v) is 18.9. The number of hydrogen-bond donors (Lipinski definition) is 0. The topological polar surface area (TPSA) is 29.5 Å². The van der Waals surface area contributed by atoms with E-state index in [1.807, 2.05) is 48.5 Å². The van der Waals surface area contributed by atoms with Crippen molar-refractivity contribution in [2.24, 2.45) is 0 Å². The van der Waals surface area contributed by atoms with E-state index in [4.69, 9.17) is 27.9 Å². The third-order valence-electron chi connectivity index (χ3n) is 5.33. The lowest BCUT2D eigenvalue weighted by molar-refractivity contribution is 0.101. The molecule has 30 heavy (non-hydrogen) atoms. The number of hydrogen-bond acceptors (Lipinski definition) is 3. The highest BCUT2D eigenvalue weighted by atomic mass is 35.5.